The Bertz CT molecular complexity index is 979. The van der Waals surface area contributed by atoms with Crippen LogP contribution in [0.2, 0.25) is 0 Å². The summed E-state index contributed by atoms with van der Waals surface area (Å²) in [5, 5.41) is 4.28. The number of hydrogen-bond donors (Lipinski definition) is 0. The summed E-state index contributed by atoms with van der Waals surface area (Å²) in [4.78, 5) is 7.20. The third-order valence-electron chi connectivity index (χ3n) is 5.36. The van der Waals surface area contributed by atoms with E-state index in [4.69, 9.17) is 4.42 Å². The molecule has 2 aromatic carbocycles. The van der Waals surface area contributed by atoms with Crippen LogP contribution in [0.15, 0.2) is 71.4 Å². The first-order valence-corrected chi connectivity index (χ1v) is 9.52. The molecule has 0 saturated carbocycles. The van der Waals surface area contributed by atoms with Crippen molar-refractivity contribution in [3.8, 4) is 5.69 Å². The Morgan fingerprint density at radius 2 is 1.78 bits per heavy atom. The summed E-state index contributed by atoms with van der Waals surface area (Å²) in [5.41, 5.74) is 4.30. The van der Waals surface area contributed by atoms with E-state index in [0.29, 0.717) is 5.92 Å². The summed E-state index contributed by atoms with van der Waals surface area (Å²) in [6.45, 7) is 3.13. The van der Waals surface area contributed by atoms with Crippen molar-refractivity contribution < 1.29 is 4.42 Å². The number of para-hydroxylation sites is 2. The smallest absolute Gasteiger partial charge is 0.198 e. The number of aromatic nitrogens is 3. The first-order chi connectivity index (χ1) is 13.3. The number of piperidine rings is 1. The number of benzene rings is 2. The normalized spacial score (nSPS) is 16.1. The van der Waals surface area contributed by atoms with E-state index >= 15 is 0 Å². The van der Waals surface area contributed by atoms with Gasteiger partial charge in [-0.3, -0.25) is 4.90 Å². The van der Waals surface area contributed by atoms with Gasteiger partial charge in [0.15, 0.2) is 11.5 Å². The van der Waals surface area contributed by atoms with E-state index in [9.17, 15) is 0 Å². The molecule has 5 nitrogen and oxygen atoms in total. The van der Waals surface area contributed by atoms with Crippen LogP contribution in [0.1, 0.15) is 30.2 Å². The lowest BCUT2D eigenvalue weighted by Gasteiger charge is -2.30. The molecule has 0 bridgehead atoms. The highest BCUT2D eigenvalue weighted by molar-refractivity contribution is 5.72. The molecule has 0 radical (unpaired) electrons. The number of nitrogens with zero attached hydrogens (tertiary/aromatic N) is 4. The molecule has 5 heteroatoms. The molecule has 27 heavy (non-hydrogen) atoms. The Labute approximate surface area is 158 Å². The maximum atomic E-state index is 5.97. The number of likely N-dealkylation sites (tertiary alicyclic amines) is 1. The predicted octanol–water partition coefficient (Wildman–Crippen LogP) is 4.39. The predicted molar refractivity (Wildman–Crippen MR) is 105 cm³/mol. The van der Waals surface area contributed by atoms with Gasteiger partial charge in [0.1, 0.15) is 5.52 Å². The molecule has 0 N–H and O–H groups in total. The Kier molecular flexibility index (Phi) is 4.22. The average Bonchev–Trinajstić information content (AvgIpc) is 3.39. The van der Waals surface area contributed by atoms with E-state index < -0.39 is 0 Å². The maximum absolute atomic E-state index is 5.97. The van der Waals surface area contributed by atoms with Crippen LogP contribution in [0.5, 0.6) is 0 Å². The molecule has 0 unspecified atom stereocenters. The molecular formula is C22H22N4O. The quantitative estimate of drug-likeness (QED) is 0.543. The van der Waals surface area contributed by atoms with Crippen molar-refractivity contribution in [3.63, 3.8) is 0 Å². The second-order valence-corrected chi connectivity index (χ2v) is 7.19. The first-order valence-electron chi connectivity index (χ1n) is 9.52. The molecule has 4 aromatic rings. The van der Waals surface area contributed by atoms with Crippen LogP contribution in [0, 0.1) is 0 Å². The molecule has 0 spiro atoms. The van der Waals surface area contributed by atoms with E-state index in [1.807, 2.05) is 41.2 Å². The minimum absolute atomic E-state index is 0.427. The number of hydrogen-bond acceptors (Lipinski definition) is 4. The molecule has 1 aliphatic rings. The summed E-state index contributed by atoms with van der Waals surface area (Å²) in [7, 11) is 0. The molecule has 3 heterocycles. The van der Waals surface area contributed by atoms with Crippen LogP contribution in [0.25, 0.3) is 16.8 Å². The highest BCUT2D eigenvalue weighted by atomic mass is 16.3. The zero-order chi connectivity index (χ0) is 18.1. The van der Waals surface area contributed by atoms with Crippen molar-refractivity contribution in [3.05, 3.63) is 78.4 Å². The molecule has 1 saturated heterocycles. The zero-order valence-corrected chi connectivity index (χ0v) is 15.2. The van der Waals surface area contributed by atoms with Crippen LogP contribution in [-0.2, 0) is 6.54 Å². The molecule has 136 valence electrons. The van der Waals surface area contributed by atoms with E-state index in [2.05, 4.69) is 39.2 Å². The van der Waals surface area contributed by atoms with Crippen molar-refractivity contribution in [2.75, 3.05) is 13.1 Å². The summed E-state index contributed by atoms with van der Waals surface area (Å²) < 4.78 is 7.86. The second-order valence-electron chi connectivity index (χ2n) is 7.19. The molecule has 0 atom stereocenters. The van der Waals surface area contributed by atoms with Gasteiger partial charge in [0, 0.05) is 24.9 Å². The molecule has 5 rings (SSSR count). The number of fused-ring (bicyclic) bond motifs is 1. The summed E-state index contributed by atoms with van der Waals surface area (Å²) in [6, 6.07) is 18.6. The molecule has 0 aliphatic carbocycles. The van der Waals surface area contributed by atoms with E-state index in [0.717, 1.165) is 55.2 Å². The minimum atomic E-state index is 0.427. The maximum Gasteiger partial charge on any atom is 0.198 e. The average molecular weight is 358 g/mol. The van der Waals surface area contributed by atoms with Gasteiger partial charge in [-0.05, 0) is 61.8 Å². The van der Waals surface area contributed by atoms with E-state index in [-0.39, 0.29) is 0 Å². The second kappa shape index (κ2) is 7.00. The van der Waals surface area contributed by atoms with Crippen LogP contribution >= 0.6 is 0 Å². The third kappa shape index (κ3) is 3.38. The van der Waals surface area contributed by atoms with Crippen molar-refractivity contribution in [2.45, 2.75) is 25.3 Å². The Hall–Kier alpha value is -2.92. The van der Waals surface area contributed by atoms with Crippen molar-refractivity contribution in [1.29, 1.82) is 0 Å². The molecule has 1 aliphatic heterocycles. The van der Waals surface area contributed by atoms with Gasteiger partial charge < -0.3 is 4.42 Å². The first kappa shape index (κ1) is 16.3. The third-order valence-corrected chi connectivity index (χ3v) is 5.36. The van der Waals surface area contributed by atoms with E-state index in [1.54, 1.807) is 6.20 Å². The van der Waals surface area contributed by atoms with Crippen LogP contribution in [-0.4, -0.2) is 32.8 Å². The van der Waals surface area contributed by atoms with Gasteiger partial charge in [-0.1, -0.05) is 24.3 Å². The van der Waals surface area contributed by atoms with Gasteiger partial charge >= 0.3 is 0 Å². The molecule has 1 fully saturated rings. The molecule has 2 aromatic heterocycles. The Morgan fingerprint density at radius 3 is 2.52 bits per heavy atom. The van der Waals surface area contributed by atoms with Gasteiger partial charge in [-0.15, -0.1) is 0 Å². The van der Waals surface area contributed by atoms with Crippen molar-refractivity contribution >= 4 is 11.1 Å². The van der Waals surface area contributed by atoms with Crippen molar-refractivity contribution in [2.24, 2.45) is 0 Å². The van der Waals surface area contributed by atoms with Crippen molar-refractivity contribution in [1.82, 2.24) is 19.7 Å². The van der Waals surface area contributed by atoms with Gasteiger partial charge in [0.25, 0.3) is 0 Å². The molecular weight excluding hydrogens is 336 g/mol. The number of oxazole rings is 1. The van der Waals surface area contributed by atoms with E-state index in [1.165, 1.54) is 5.56 Å². The van der Waals surface area contributed by atoms with Crippen LogP contribution in [0.3, 0.4) is 0 Å². The van der Waals surface area contributed by atoms with Gasteiger partial charge in [-0.2, -0.15) is 5.10 Å². The lowest BCUT2D eigenvalue weighted by atomic mass is 9.96. The van der Waals surface area contributed by atoms with Crippen LogP contribution < -0.4 is 0 Å². The van der Waals surface area contributed by atoms with Gasteiger partial charge in [0.05, 0.1) is 5.69 Å². The zero-order valence-electron chi connectivity index (χ0n) is 15.2. The largest absolute Gasteiger partial charge is 0.440 e. The summed E-state index contributed by atoms with van der Waals surface area (Å²) >= 11 is 0. The number of rotatable bonds is 4. The van der Waals surface area contributed by atoms with Crippen LogP contribution in [0.4, 0.5) is 0 Å². The van der Waals surface area contributed by atoms with Gasteiger partial charge in [-0.25, -0.2) is 9.67 Å². The highest BCUT2D eigenvalue weighted by Gasteiger charge is 2.24. The minimum Gasteiger partial charge on any atom is -0.440 e. The Morgan fingerprint density at radius 1 is 0.963 bits per heavy atom. The lowest BCUT2D eigenvalue weighted by Crippen LogP contribution is -2.32. The fourth-order valence-electron chi connectivity index (χ4n) is 3.84. The monoisotopic (exact) mass is 358 g/mol. The SMILES string of the molecule is c1ccc2oc(C3CCN(Cc4ccc(-n5cccn5)cc4)CC3)nc2c1. The highest BCUT2D eigenvalue weighted by Crippen LogP contribution is 2.30. The molecule has 0 amide bonds. The summed E-state index contributed by atoms with van der Waals surface area (Å²) in [5.74, 6) is 1.33. The summed E-state index contributed by atoms with van der Waals surface area (Å²) in [6.07, 6.45) is 5.96. The lowest BCUT2D eigenvalue weighted by molar-refractivity contribution is 0.194. The van der Waals surface area contributed by atoms with Gasteiger partial charge in [0.2, 0.25) is 0 Å². The fourth-order valence-corrected chi connectivity index (χ4v) is 3.84. The fraction of sp³-hybridized carbons (Fsp3) is 0.273. The Balaban J connectivity index is 1.20. The standard InChI is InChI=1S/C22H22N4O/c1-2-5-21-20(4-1)24-22(27-21)18-10-14-25(15-11-18)16-17-6-8-19(9-7-17)26-13-3-12-23-26/h1-9,12-13,18H,10-11,14-16H2. The topological polar surface area (TPSA) is 47.1 Å².